The maximum absolute atomic E-state index is 3.60. The second kappa shape index (κ2) is 5.01. The molecule has 1 aliphatic heterocycles. The highest BCUT2D eigenvalue weighted by Crippen LogP contribution is 2.02. The van der Waals surface area contributed by atoms with Crippen LogP contribution in [0.25, 0.3) is 0 Å². The molecule has 0 aromatic heterocycles. The number of rotatable bonds is 4. The molecule has 0 aromatic carbocycles. The number of hydrogen-bond donors (Lipinski definition) is 2. The predicted molar refractivity (Wildman–Crippen MR) is 52.3 cm³/mol. The SMILES string of the molecule is CSCC(C)NC1CCNC1. The van der Waals surface area contributed by atoms with Crippen LogP contribution < -0.4 is 10.6 Å². The van der Waals surface area contributed by atoms with E-state index < -0.39 is 0 Å². The van der Waals surface area contributed by atoms with Gasteiger partial charge in [0, 0.05) is 24.4 Å². The Morgan fingerprint density at radius 3 is 3.09 bits per heavy atom. The Kier molecular flexibility index (Phi) is 4.26. The van der Waals surface area contributed by atoms with Crippen LogP contribution in [0.4, 0.5) is 0 Å². The van der Waals surface area contributed by atoms with E-state index in [1.54, 1.807) is 0 Å². The Hall–Kier alpha value is 0.270. The second-order valence-corrected chi connectivity index (χ2v) is 4.12. The van der Waals surface area contributed by atoms with Crippen molar-refractivity contribution < 1.29 is 0 Å². The van der Waals surface area contributed by atoms with E-state index in [1.165, 1.54) is 18.7 Å². The summed E-state index contributed by atoms with van der Waals surface area (Å²) in [5.41, 5.74) is 0. The van der Waals surface area contributed by atoms with Gasteiger partial charge in [-0.2, -0.15) is 11.8 Å². The van der Waals surface area contributed by atoms with Crippen molar-refractivity contribution in [2.75, 3.05) is 25.1 Å². The molecular weight excluding hydrogens is 156 g/mol. The summed E-state index contributed by atoms with van der Waals surface area (Å²) in [6, 6.07) is 1.38. The van der Waals surface area contributed by atoms with Crippen LogP contribution in [0.1, 0.15) is 13.3 Å². The van der Waals surface area contributed by atoms with Gasteiger partial charge in [0.15, 0.2) is 0 Å². The van der Waals surface area contributed by atoms with E-state index in [4.69, 9.17) is 0 Å². The zero-order valence-electron chi connectivity index (χ0n) is 7.39. The summed E-state index contributed by atoms with van der Waals surface area (Å²) in [6.07, 6.45) is 3.45. The van der Waals surface area contributed by atoms with Crippen molar-refractivity contribution in [1.82, 2.24) is 10.6 Å². The molecule has 0 bridgehead atoms. The van der Waals surface area contributed by atoms with E-state index in [2.05, 4.69) is 23.8 Å². The molecule has 0 aliphatic carbocycles. The minimum atomic E-state index is 0.662. The minimum absolute atomic E-state index is 0.662. The molecule has 0 radical (unpaired) electrons. The summed E-state index contributed by atoms with van der Waals surface area (Å²) in [5.74, 6) is 1.22. The predicted octanol–water partition coefficient (Wildman–Crippen LogP) is 0.689. The zero-order chi connectivity index (χ0) is 8.10. The third-order valence-corrected chi connectivity index (χ3v) is 2.83. The zero-order valence-corrected chi connectivity index (χ0v) is 8.21. The fourth-order valence-corrected chi connectivity index (χ4v) is 2.09. The van der Waals surface area contributed by atoms with Crippen LogP contribution in [0.2, 0.25) is 0 Å². The summed E-state index contributed by atoms with van der Waals surface area (Å²) in [7, 11) is 0. The van der Waals surface area contributed by atoms with Gasteiger partial charge in [0.1, 0.15) is 0 Å². The Labute approximate surface area is 73.5 Å². The van der Waals surface area contributed by atoms with Gasteiger partial charge in [-0.15, -0.1) is 0 Å². The molecule has 0 saturated carbocycles. The first-order valence-electron chi connectivity index (χ1n) is 4.28. The van der Waals surface area contributed by atoms with E-state index >= 15 is 0 Å². The maximum Gasteiger partial charge on any atom is 0.0207 e. The van der Waals surface area contributed by atoms with Crippen LogP contribution in [0, 0.1) is 0 Å². The van der Waals surface area contributed by atoms with E-state index in [0.29, 0.717) is 6.04 Å². The van der Waals surface area contributed by atoms with Crippen LogP contribution >= 0.6 is 11.8 Å². The van der Waals surface area contributed by atoms with Crippen LogP contribution in [0.5, 0.6) is 0 Å². The molecule has 2 atom stereocenters. The average Bonchev–Trinajstić information content (AvgIpc) is 2.40. The average molecular weight is 174 g/mol. The molecule has 0 aromatic rings. The van der Waals surface area contributed by atoms with Crippen molar-refractivity contribution in [1.29, 1.82) is 0 Å². The Morgan fingerprint density at radius 1 is 1.73 bits per heavy atom. The smallest absolute Gasteiger partial charge is 0.0207 e. The van der Waals surface area contributed by atoms with Crippen LogP contribution in [0.3, 0.4) is 0 Å². The number of thioether (sulfide) groups is 1. The van der Waals surface area contributed by atoms with Gasteiger partial charge in [0.2, 0.25) is 0 Å². The minimum Gasteiger partial charge on any atom is -0.315 e. The van der Waals surface area contributed by atoms with Crippen LogP contribution in [0.15, 0.2) is 0 Å². The van der Waals surface area contributed by atoms with Crippen LogP contribution in [-0.4, -0.2) is 37.2 Å². The highest BCUT2D eigenvalue weighted by molar-refractivity contribution is 7.98. The fourth-order valence-electron chi connectivity index (χ4n) is 1.50. The van der Waals surface area contributed by atoms with Crippen molar-refractivity contribution >= 4 is 11.8 Å². The fraction of sp³-hybridized carbons (Fsp3) is 1.00. The summed E-state index contributed by atoms with van der Waals surface area (Å²) in [6.45, 7) is 4.59. The summed E-state index contributed by atoms with van der Waals surface area (Å²) in [4.78, 5) is 0. The Balaban J connectivity index is 2.08. The lowest BCUT2D eigenvalue weighted by Gasteiger charge is -2.17. The number of hydrogen-bond acceptors (Lipinski definition) is 3. The molecule has 2 unspecified atom stereocenters. The molecule has 2 N–H and O–H groups in total. The molecule has 1 heterocycles. The van der Waals surface area contributed by atoms with Crippen molar-refractivity contribution in [3.05, 3.63) is 0 Å². The molecule has 0 spiro atoms. The topological polar surface area (TPSA) is 24.1 Å². The van der Waals surface area contributed by atoms with Crippen molar-refractivity contribution in [2.24, 2.45) is 0 Å². The third kappa shape index (κ3) is 3.45. The first-order chi connectivity index (χ1) is 5.33. The quantitative estimate of drug-likeness (QED) is 0.656. The lowest BCUT2D eigenvalue weighted by molar-refractivity contribution is 0.493. The van der Waals surface area contributed by atoms with Gasteiger partial charge in [-0.25, -0.2) is 0 Å². The molecule has 0 amide bonds. The first-order valence-corrected chi connectivity index (χ1v) is 5.68. The van der Waals surface area contributed by atoms with Crippen LogP contribution in [-0.2, 0) is 0 Å². The molecule has 1 saturated heterocycles. The van der Waals surface area contributed by atoms with Crippen molar-refractivity contribution in [3.8, 4) is 0 Å². The summed E-state index contributed by atoms with van der Waals surface area (Å²) >= 11 is 1.91. The second-order valence-electron chi connectivity index (χ2n) is 3.21. The lowest BCUT2D eigenvalue weighted by Crippen LogP contribution is -2.39. The summed E-state index contributed by atoms with van der Waals surface area (Å²) < 4.78 is 0. The molecule has 1 aliphatic rings. The highest BCUT2D eigenvalue weighted by atomic mass is 32.2. The lowest BCUT2D eigenvalue weighted by atomic mass is 10.2. The molecular formula is C8H18N2S. The third-order valence-electron chi connectivity index (χ3n) is 2.00. The Morgan fingerprint density at radius 2 is 2.55 bits per heavy atom. The van der Waals surface area contributed by atoms with E-state index in [9.17, 15) is 0 Å². The highest BCUT2D eigenvalue weighted by Gasteiger charge is 2.15. The normalized spacial score (nSPS) is 27.3. The molecule has 11 heavy (non-hydrogen) atoms. The number of nitrogens with one attached hydrogen (secondary N) is 2. The monoisotopic (exact) mass is 174 g/mol. The molecule has 3 heteroatoms. The Bertz CT molecular complexity index is 102. The van der Waals surface area contributed by atoms with E-state index in [0.717, 1.165) is 12.6 Å². The molecule has 66 valence electrons. The van der Waals surface area contributed by atoms with Crippen molar-refractivity contribution in [3.63, 3.8) is 0 Å². The van der Waals surface area contributed by atoms with E-state index in [-0.39, 0.29) is 0 Å². The van der Waals surface area contributed by atoms with Gasteiger partial charge in [0.05, 0.1) is 0 Å². The van der Waals surface area contributed by atoms with E-state index in [1.807, 2.05) is 11.8 Å². The van der Waals surface area contributed by atoms with Gasteiger partial charge in [0.25, 0.3) is 0 Å². The van der Waals surface area contributed by atoms with Gasteiger partial charge in [-0.1, -0.05) is 0 Å². The van der Waals surface area contributed by atoms with Crippen molar-refractivity contribution in [2.45, 2.75) is 25.4 Å². The van der Waals surface area contributed by atoms with Gasteiger partial charge >= 0.3 is 0 Å². The first kappa shape index (κ1) is 9.36. The molecule has 1 fully saturated rings. The van der Waals surface area contributed by atoms with Gasteiger partial charge in [-0.05, 0) is 26.1 Å². The maximum atomic E-state index is 3.60. The standard InChI is InChI=1S/C8H18N2S/c1-7(6-11-2)10-8-3-4-9-5-8/h7-10H,3-6H2,1-2H3. The molecule has 2 nitrogen and oxygen atoms in total. The molecule has 1 rings (SSSR count). The van der Waals surface area contributed by atoms with Gasteiger partial charge < -0.3 is 10.6 Å². The van der Waals surface area contributed by atoms with Gasteiger partial charge in [-0.3, -0.25) is 0 Å². The summed E-state index contributed by atoms with van der Waals surface area (Å²) in [5, 5.41) is 6.95. The largest absolute Gasteiger partial charge is 0.315 e.